The van der Waals surface area contributed by atoms with Gasteiger partial charge in [0.05, 0.1) is 13.2 Å². The summed E-state index contributed by atoms with van der Waals surface area (Å²) in [5, 5.41) is 0. The van der Waals surface area contributed by atoms with Crippen molar-refractivity contribution in [2.24, 2.45) is 0 Å². The molecule has 22 heavy (non-hydrogen) atoms. The highest BCUT2D eigenvalue weighted by molar-refractivity contribution is 5.99. The first-order chi connectivity index (χ1) is 10.5. The average Bonchev–Trinajstić information content (AvgIpc) is 2.49. The highest BCUT2D eigenvalue weighted by Crippen LogP contribution is 2.09. The van der Waals surface area contributed by atoms with Crippen LogP contribution in [0.25, 0.3) is 0 Å². The van der Waals surface area contributed by atoms with Crippen molar-refractivity contribution in [1.29, 1.82) is 0 Å². The van der Waals surface area contributed by atoms with Gasteiger partial charge >= 0.3 is 11.9 Å². The molecule has 0 bridgehead atoms. The van der Waals surface area contributed by atoms with E-state index in [0.29, 0.717) is 37.0 Å². The van der Waals surface area contributed by atoms with Gasteiger partial charge < -0.3 is 9.47 Å². The zero-order valence-corrected chi connectivity index (χ0v) is 13.9. The van der Waals surface area contributed by atoms with Gasteiger partial charge in [-0.2, -0.15) is 0 Å². The first-order valence-corrected chi connectivity index (χ1v) is 7.76. The summed E-state index contributed by atoms with van der Waals surface area (Å²) in [6.45, 7) is 7.75. The second-order valence-corrected chi connectivity index (χ2v) is 4.55. The third-order valence-electron chi connectivity index (χ3n) is 2.95. The van der Waals surface area contributed by atoms with E-state index < -0.39 is 5.97 Å². The topological polar surface area (TPSA) is 69.7 Å². The largest absolute Gasteiger partial charge is 0.463 e. The number of hydrogen-bond donors (Lipinski definition) is 0. The lowest BCUT2D eigenvalue weighted by atomic mass is 10.1. The Hall–Kier alpha value is -1.91. The summed E-state index contributed by atoms with van der Waals surface area (Å²) in [6, 6.07) is 0. The third kappa shape index (κ3) is 7.76. The number of hydrogen-bond acceptors (Lipinski definition) is 5. The van der Waals surface area contributed by atoms with Crippen LogP contribution >= 0.6 is 0 Å². The van der Waals surface area contributed by atoms with Crippen LogP contribution in [-0.4, -0.2) is 30.9 Å². The summed E-state index contributed by atoms with van der Waals surface area (Å²) in [4.78, 5) is 35.0. The van der Waals surface area contributed by atoms with E-state index in [1.807, 2.05) is 6.92 Å². The molecule has 0 aromatic heterocycles. The quantitative estimate of drug-likeness (QED) is 0.458. The molecule has 0 aliphatic heterocycles. The molecular formula is C17H26O5. The summed E-state index contributed by atoms with van der Waals surface area (Å²) in [5.74, 6) is -0.941. The number of esters is 2. The van der Waals surface area contributed by atoms with Crippen LogP contribution in [-0.2, 0) is 23.9 Å². The van der Waals surface area contributed by atoms with Gasteiger partial charge in [-0.05, 0) is 39.2 Å². The van der Waals surface area contributed by atoms with Gasteiger partial charge in [0.25, 0.3) is 0 Å². The Bertz CT molecular complexity index is 446. The zero-order chi connectivity index (χ0) is 17.0. The molecule has 0 saturated heterocycles. The molecule has 0 aromatic carbocycles. The van der Waals surface area contributed by atoms with Gasteiger partial charge in [-0.25, -0.2) is 9.59 Å². The number of ether oxygens (including phenoxy) is 2. The van der Waals surface area contributed by atoms with Crippen LogP contribution < -0.4 is 0 Å². The van der Waals surface area contributed by atoms with E-state index in [-0.39, 0.29) is 24.8 Å². The monoisotopic (exact) mass is 310 g/mol. The minimum Gasteiger partial charge on any atom is -0.463 e. The molecule has 0 spiro atoms. The average molecular weight is 310 g/mol. The van der Waals surface area contributed by atoms with Crippen LogP contribution in [0.2, 0.25) is 0 Å². The minimum atomic E-state index is -0.449. The molecule has 0 saturated carbocycles. The molecule has 0 radical (unpaired) electrons. The lowest BCUT2D eigenvalue weighted by molar-refractivity contribution is -0.139. The molecular weight excluding hydrogens is 284 g/mol. The SMILES string of the molecule is CCOC(=O)/C(=C/CCC(=O)/C=C(\CC)C(=O)OCC)CC. The fourth-order valence-corrected chi connectivity index (χ4v) is 1.78. The Balaban J connectivity index is 4.59. The molecule has 0 amide bonds. The summed E-state index contributed by atoms with van der Waals surface area (Å²) < 4.78 is 9.81. The third-order valence-corrected chi connectivity index (χ3v) is 2.95. The van der Waals surface area contributed by atoms with Crippen molar-refractivity contribution in [2.45, 2.75) is 53.4 Å². The van der Waals surface area contributed by atoms with Gasteiger partial charge in [-0.1, -0.05) is 19.9 Å². The molecule has 124 valence electrons. The van der Waals surface area contributed by atoms with Crippen molar-refractivity contribution in [3.8, 4) is 0 Å². The molecule has 0 N–H and O–H groups in total. The predicted molar refractivity (Wildman–Crippen MR) is 84.3 cm³/mol. The smallest absolute Gasteiger partial charge is 0.334 e. The van der Waals surface area contributed by atoms with Gasteiger partial charge in [0.15, 0.2) is 5.78 Å². The van der Waals surface area contributed by atoms with Crippen molar-refractivity contribution in [1.82, 2.24) is 0 Å². The Morgan fingerprint density at radius 2 is 1.32 bits per heavy atom. The Morgan fingerprint density at radius 1 is 0.818 bits per heavy atom. The second-order valence-electron chi connectivity index (χ2n) is 4.55. The molecule has 0 rings (SSSR count). The molecule has 0 atom stereocenters. The lowest BCUT2D eigenvalue weighted by Crippen LogP contribution is -2.09. The van der Waals surface area contributed by atoms with Crippen LogP contribution in [0.4, 0.5) is 0 Å². The summed E-state index contributed by atoms with van der Waals surface area (Å²) >= 11 is 0. The second kappa shape index (κ2) is 11.7. The van der Waals surface area contributed by atoms with Gasteiger partial charge in [0, 0.05) is 17.6 Å². The summed E-state index contributed by atoms with van der Waals surface area (Å²) in [7, 11) is 0. The van der Waals surface area contributed by atoms with Gasteiger partial charge in [0.1, 0.15) is 0 Å². The van der Waals surface area contributed by atoms with Crippen molar-refractivity contribution < 1.29 is 23.9 Å². The molecule has 0 heterocycles. The van der Waals surface area contributed by atoms with E-state index in [4.69, 9.17) is 9.47 Å². The van der Waals surface area contributed by atoms with E-state index in [2.05, 4.69) is 0 Å². The fourth-order valence-electron chi connectivity index (χ4n) is 1.78. The predicted octanol–water partition coefficient (Wildman–Crippen LogP) is 3.13. The van der Waals surface area contributed by atoms with Crippen LogP contribution in [0.15, 0.2) is 23.3 Å². The molecule has 0 aliphatic carbocycles. The standard InChI is InChI=1S/C17H26O5/c1-5-13(16(19)21-7-3)10-9-11-15(18)12-14(6-2)17(20)22-8-4/h10,12H,5-9,11H2,1-4H3/b13-10+,14-12+. The maximum absolute atomic E-state index is 11.9. The van der Waals surface area contributed by atoms with Crippen LogP contribution in [0.1, 0.15) is 53.4 Å². The summed E-state index contributed by atoms with van der Waals surface area (Å²) in [5.41, 5.74) is 0.941. The summed E-state index contributed by atoms with van der Waals surface area (Å²) in [6.07, 6.45) is 4.75. The van der Waals surface area contributed by atoms with Crippen molar-refractivity contribution in [2.75, 3.05) is 13.2 Å². The number of allylic oxidation sites excluding steroid dienone is 2. The Labute approximate surface area is 132 Å². The molecule has 5 heteroatoms. The number of ketones is 1. The van der Waals surface area contributed by atoms with Crippen LogP contribution in [0.3, 0.4) is 0 Å². The highest BCUT2D eigenvalue weighted by Gasteiger charge is 2.11. The number of rotatable bonds is 10. The normalized spacial score (nSPS) is 12.0. The molecule has 0 fully saturated rings. The van der Waals surface area contributed by atoms with E-state index >= 15 is 0 Å². The molecule has 5 nitrogen and oxygen atoms in total. The zero-order valence-electron chi connectivity index (χ0n) is 13.9. The van der Waals surface area contributed by atoms with Crippen molar-refractivity contribution in [3.63, 3.8) is 0 Å². The van der Waals surface area contributed by atoms with E-state index in [1.54, 1.807) is 26.8 Å². The Morgan fingerprint density at radius 3 is 1.77 bits per heavy atom. The number of carbonyl (C=O) groups is 3. The lowest BCUT2D eigenvalue weighted by Gasteiger charge is -2.05. The van der Waals surface area contributed by atoms with Gasteiger partial charge in [-0.3, -0.25) is 4.79 Å². The van der Waals surface area contributed by atoms with Gasteiger partial charge in [-0.15, -0.1) is 0 Å². The fraction of sp³-hybridized carbons (Fsp3) is 0.588. The number of carbonyl (C=O) groups excluding carboxylic acids is 3. The first-order valence-electron chi connectivity index (χ1n) is 7.76. The molecule has 0 aromatic rings. The first kappa shape index (κ1) is 20.1. The van der Waals surface area contributed by atoms with Crippen molar-refractivity contribution in [3.05, 3.63) is 23.3 Å². The minimum absolute atomic E-state index is 0.152. The maximum Gasteiger partial charge on any atom is 0.334 e. The van der Waals surface area contributed by atoms with E-state index in [9.17, 15) is 14.4 Å². The van der Waals surface area contributed by atoms with E-state index in [1.165, 1.54) is 6.08 Å². The van der Waals surface area contributed by atoms with Crippen molar-refractivity contribution >= 4 is 17.7 Å². The highest BCUT2D eigenvalue weighted by atomic mass is 16.5. The van der Waals surface area contributed by atoms with Crippen LogP contribution in [0.5, 0.6) is 0 Å². The van der Waals surface area contributed by atoms with Gasteiger partial charge in [0.2, 0.25) is 0 Å². The van der Waals surface area contributed by atoms with E-state index in [0.717, 1.165) is 0 Å². The van der Waals surface area contributed by atoms with Crippen LogP contribution in [0, 0.1) is 0 Å². The molecule has 0 unspecified atom stereocenters. The Kier molecular flexibility index (Phi) is 10.7. The molecule has 0 aliphatic rings. The maximum atomic E-state index is 11.9.